The molecule has 3 aromatic heterocycles. The molecule has 0 bridgehead atoms. The molecular weight excluding hydrogens is 1010 g/mol. The van der Waals surface area contributed by atoms with Crippen molar-refractivity contribution in [1.82, 2.24) is 15.0 Å². The van der Waals surface area contributed by atoms with Crippen LogP contribution in [0, 0.1) is 29.0 Å². The van der Waals surface area contributed by atoms with Crippen molar-refractivity contribution in [1.29, 1.82) is 0 Å². The Hall–Kier alpha value is -5.80. The molecule has 0 aliphatic heterocycles. The Morgan fingerprint density at radius 2 is 0.855 bits per heavy atom. The zero-order valence-electron chi connectivity index (χ0n) is 49.6. The Labute approximate surface area is 439 Å². The second-order valence-corrected chi connectivity index (χ2v) is 21.4. The van der Waals surface area contributed by atoms with Crippen molar-refractivity contribution in [3.63, 3.8) is 0 Å². The van der Waals surface area contributed by atoms with Gasteiger partial charge in [0.05, 0.1) is 0 Å². The molecule has 4 heteroatoms. The molecule has 0 aliphatic rings. The number of rotatable bonds is 15. The van der Waals surface area contributed by atoms with Crippen LogP contribution in [0.5, 0.6) is 0 Å². The molecule has 0 amide bonds. The molecule has 0 spiro atoms. The minimum Gasteiger partial charge on any atom is -0.304 e. The molecule has 8 aromatic rings. The van der Waals surface area contributed by atoms with Crippen molar-refractivity contribution in [3.05, 3.63) is 221 Å². The van der Waals surface area contributed by atoms with Gasteiger partial charge in [-0.15, -0.1) is 108 Å². The van der Waals surface area contributed by atoms with Crippen LogP contribution >= 0.6 is 0 Å². The molecule has 0 atom stereocenters. The Morgan fingerprint density at radius 1 is 0.435 bits per heavy atom. The van der Waals surface area contributed by atoms with Crippen molar-refractivity contribution in [2.45, 2.75) is 118 Å². The van der Waals surface area contributed by atoms with Crippen LogP contribution in [0.3, 0.4) is 0 Å². The Kier molecular flexibility index (Phi) is 12.8. The summed E-state index contributed by atoms with van der Waals surface area (Å²) < 4.78 is 80.8. The summed E-state index contributed by atoms with van der Waals surface area (Å²) in [6, 6.07) is 51.8. The van der Waals surface area contributed by atoms with Gasteiger partial charge in [0.25, 0.3) is 0 Å². The molecule has 0 fully saturated rings. The third kappa shape index (κ3) is 13.7. The maximum atomic E-state index is 10.2. The number of aryl methyl sites for hydroxylation is 2. The molecule has 0 radical (unpaired) electrons. The van der Waals surface area contributed by atoms with Crippen molar-refractivity contribution < 1.29 is 31.1 Å². The van der Waals surface area contributed by atoms with E-state index in [9.17, 15) is 11.0 Å². The van der Waals surface area contributed by atoms with Gasteiger partial charge in [-0.1, -0.05) is 136 Å². The zero-order chi connectivity index (χ0) is 55.3. The SMILES string of the molecule is [2H]C([2H])(c1cc(C([2H])([2H])C(C)(C)c2ccc(-c3[c-]cccc3)nc2)cc(C([2H])([2H])C(C)(C)c2ccc(-c3[c-]cccc3)nc2)c1)C([2H])([2H])c1cnc(-c2[c-]cccc2)cc1-c1cc(CC(C)(C)C)cc(CC(C)(C)C)c1.[Ir+3]. The topological polar surface area (TPSA) is 38.7 Å². The van der Waals surface area contributed by atoms with E-state index in [-0.39, 0.29) is 53.2 Å². The van der Waals surface area contributed by atoms with Gasteiger partial charge in [-0.25, -0.2) is 0 Å². The number of nitrogens with zero attached hydrogens (tertiary/aromatic N) is 3. The van der Waals surface area contributed by atoms with E-state index in [1.54, 1.807) is 58.3 Å². The largest absolute Gasteiger partial charge is 3.00 e. The number of aromatic nitrogens is 3. The first kappa shape index (κ1) is 41.0. The Bertz CT molecular complexity index is 3150. The van der Waals surface area contributed by atoms with Crippen LogP contribution in [0.15, 0.2) is 158 Å². The van der Waals surface area contributed by atoms with Gasteiger partial charge >= 0.3 is 20.1 Å². The summed E-state index contributed by atoms with van der Waals surface area (Å²) in [7, 11) is 0. The van der Waals surface area contributed by atoms with E-state index in [4.69, 9.17) is 15.0 Å². The Morgan fingerprint density at radius 3 is 1.26 bits per heavy atom. The predicted octanol–water partition coefficient (Wildman–Crippen LogP) is 15.9. The summed E-state index contributed by atoms with van der Waals surface area (Å²) in [5.41, 5.74) is 5.47. The zero-order valence-corrected chi connectivity index (χ0v) is 44.0. The van der Waals surface area contributed by atoms with E-state index >= 15 is 0 Å². The minimum absolute atomic E-state index is 0. The van der Waals surface area contributed by atoms with Gasteiger partial charge in [-0.05, 0) is 133 Å². The molecule has 352 valence electrons. The maximum Gasteiger partial charge on any atom is 3.00 e. The van der Waals surface area contributed by atoms with Crippen LogP contribution in [-0.4, -0.2) is 15.0 Å². The Balaban J connectivity index is 0.00000861. The molecule has 0 saturated carbocycles. The number of hydrogen-bond acceptors (Lipinski definition) is 3. The quantitative estimate of drug-likeness (QED) is 0.0961. The van der Waals surface area contributed by atoms with E-state index in [2.05, 4.69) is 77.9 Å². The first-order chi connectivity index (χ1) is 35.4. The van der Waals surface area contributed by atoms with Crippen molar-refractivity contribution in [2.24, 2.45) is 10.8 Å². The first-order valence-corrected chi connectivity index (χ1v) is 23.6. The van der Waals surface area contributed by atoms with Gasteiger partial charge in [0, 0.05) is 29.6 Å². The molecule has 0 N–H and O–H groups in total. The molecule has 0 aliphatic carbocycles. The average molecular weight is 1090 g/mol. The van der Waals surface area contributed by atoms with Crippen LogP contribution in [0.25, 0.3) is 44.9 Å². The average Bonchev–Trinajstić information content (AvgIpc) is 3.47. The molecule has 0 saturated heterocycles. The van der Waals surface area contributed by atoms with E-state index in [0.717, 1.165) is 40.7 Å². The van der Waals surface area contributed by atoms with Crippen molar-refractivity contribution in [3.8, 4) is 44.9 Å². The van der Waals surface area contributed by atoms with Gasteiger partial charge < -0.3 is 15.0 Å². The van der Waals surface area contributed by atoms with Crippen LogP contribution in [-0.2, 0) is 69.3 Å². The summed E-state index contributed by atoms with van der Waals surface area (Å²) in [6.45, 7) is 20.1. The van der Waals surface area contributed by atoms with Crippen LogP contribution < -0.4 is 0 Å². The van der Waals surface area contributed by atoms with Gasteiger partial charge in [0.1, 0.15) is 0 Å². The van der Waals surface area contributed by atoms with Crippen LogP contribution in [0.2, 0.25) is 0 Å². The smallest absolute Gasteiger partial charge is 0.304 e. The molecule has 3 heterocycles. The molecule has 69 heavy (non-hydrogen) atoms. The van der Waals surface area contributed by atoms with Gasteiger partial charge in [0.15, 0.2) is 0 Å². The summed E-state index contributed by atoms with van der Waals surface area (Å²) in [5.74, 6) is 0. The fraction of sp³-hybridized carbons (Fsp3) is 0.308. The van der Waals surface area contributed by atoms with Crippen LogP contribution in [0.1, 0.15) is 125 Å². The molecule has 5 aromatic carbocycles. The van der Waals surface area contributed by atoms with Gasteiger partial charge in [-0.2, -0.15) is 0 Å². The minimum atomic E-state index is -2.92. The number of hydrogen-bond donors (Lipinski definition) is 0. The predicted molar refractivity (Wildman–Crippen MR) is 285 cm³/mol. The van der Waals surface area contributed by atoms with Gasteiger partial charge in [-0.3, -0.25) is 0 Å². The fourth-order valence-electron chi connectivity index (χ4n) is 8.64. The third-order valence-electron chi connectivity index (χ3n) is 11.9. The fourth-order valence-corrected chi connectivity index (χ4v) is 8.64. The standard InChI is InChI=1S/C65H68N3.Ir/c1-62(2,3)39-49-35-50(40-63(4,5)6)37-55(36-49)58-38-61(53-24-18-13-19-25-53)66-43-54(58)27-26-46-32-47(41-64(7,8)56-28-30-59(67-44-56)51-20-14-11-15-21-51)34-48(33-46)42-65(9,10)57-29-31-60(68-45-57)52-22-16-12-17-23-52;/h11-20,22,24,28-38,43-45H,26-27,39-42H2,1-10H3;/q-3;+3/i26D2,27D2,41D2,42D2;. The van der Waals surface area contributed by atoms with E-state index < -0.39 is 36.3 Å². The molecular formula is C65H68IrN3. The molecule has 8 rings (SSSR count). The second kappa shape index (κ2) is 21.5. The van der Waals surface area contributed by atoms with E-state index in [0.29, 0.717) is 39.3 Å². The first-order valence-electron chi connectivity index (χ1n) is 27.6. The van der Waals surface area contributed by atoms with Crippen molar-refractivity contribution >= 4 is 0 Å². The second-order valence-electron chi connectivity index (χ2n) is 21.4. The molecule has 0 unspecified atom stereocenters. The maximum absolute atomic E-state index is 10.2. The van der Waals surface area contributed by atoms with E-state index in [1.807, 2.05) is 84.9 Å². The van der Waals surface area contributed by atoms with Crippen LogP contribution in [0.4, 0.5) is 0 Å². The summed E-state index contributed by atoms with van der Waals surface area (Å²) in [6.07, 6.45) is -4.20. The molecule has 3 nitrogen and oxygen atoms in total. The number of pyridine rings is 3. The van der Waals surface area contributed by atoms with Crippen molar-refractivity contribution in [2.75, 3.05) is 0 Å². The summed E-state index contributed by atoms with van der Waals surface area (Å²) in [5, 5.41) is 0. The monoisotopic (exact) mass is 1090 g/mol. The normalized spacial score (nSPS) is 14.7. The van der Waals surface area contributed by atoms with Gasteiger partial charge in [0.2, 0.25) is 0 Å². The third-order valence-corrected chi connectivity index (χ3v) is 11.9. The summed E-state index contributed by atoms with van der Waals surface area (Å²) in [4.78, 5) is 14.2. The summed E-state index contributed by atoms with van der Waals surface area (Å²) >= 11 is 0. The van der Waals surface area contributed by atoms with E-state index in [1.165, 1.54) is 24.4 Å². The number of benzene rings is 5.